The van der Waals surface area contributed by atoms with E-state index in [0.717, 1.165) is 28.4 Å². The van der Waals surface area contributed by atoms with Crippen molar-refractivity contribution in [3.63, 3.8) is 0 Å². The number of para-hydroxylation sites is 4. The Labute approximate surface area is 361 Å². The third-order valence-electron chi connectivity index (χ3n) is 12.8. The van der Waals surface area contributed by atoms with Crippen LogP contribution in [-0.2, 0) is 0 Å². The first-order chi connectivity index (χ1) is 30.8. The second kappa shape index (κ2) is 14.7. The summed E-state index contributed by atoms with van der Waals surface area (Å²) in [5.41, 5.74) is 10.4. The Morgan fingerprint density at radius 1 is 0.290 bits per heavy atom. The molecule has 0 aliphatic rings. The van der Waals surface area contributed by atoms with Crippen LogP contribution in [0.3, 0.4) is 0 Å². The highest BCUT2D eigenvalue weighted by molar-refractivity contribution is 7.19. The lowest BCUT2D eigenvalue weighted by molar-refractivity contribution is 1.07. The predicted molar refractivity (Wildman–Crippen MR) is 263 cm³/mol. The molecule has 0 spiro atoms. The van der Waals surface area contributed by atoms with E-state index >= 15 is 0 Å². The van der Waals surface area contributed by atoms with Crippen LogP contribution in [0.2, 0.25) is 0 Å². The third kappa shape index (κ3) is 5.51. The third-order valence-corrected chi connectivity index (χ3v) is 17.6. The van der Waals surface area contributed by atoms with Gasteiger partial charge in [-0.2, -0.15) is 0 Å². The summed E-state index contributed by atoms with van der Waals surface area (Å²) in [6, 6.07) is 91.6. The van der Waals surface area contributed by atoms with Gasteiger partial charge in [0.15, 0.2) is 8.07 Å². The molecule has 4 heteroatoms. The largest absolute Gasteiger partial charge is 0.309 e. The molecule has 3 aromatic heterocycles. The van der Waals surface area contributed by atoms with E-state index in [4.69, 9.17) is 0 Å². The van der Waals surface area contributed by atoms with E-state index in [-0.39, 0.29) is 0 Å². The van der Waals surface area contributed by atoms with Gasteiger partial charge in [-0.25, -0.2) is 0 Å². The Balaban J connectivity index is 1.12. The molecular formula is C58H41N3Si. The van der Waals surface area contributed by atoms with Crippen LogP contribution in [0, 0.1) is 0 Å². The first-order valence-corrected chi connectivity index (χ1v) is 23.4. The summed E-state index contributed by atoms with van der Waals surface area (Å²) in [6.45, 7) is 0. The standard InChI is InChI=1S/C58H41N3Si/c1-6-21-44(22-7-1)59-53-32-18-16-20-42(53)40-55(59)43-34-39-52-56(41-43)61(45-23-8-2-9-24-45)58-57(52)51-31-17-19-33-54(51)60(58)46-35-37-50(38-36-46)62(47-25-10-3-11-26-47,48-27-12-4-13-28-48)49-29-14-5-15-30-49/h1-41H. The predicted octanol–water partition coefficient (Wildman–Crippen LogP) is 11.7. The van der Waals surface area contributed by atoms with Crippen molar-refractivity contribution >= 4 is 72.6 Å². The summed E-state index contributed by atoms with van der Waals surface area (Å²) in [5, 5.41) is 10.4. The van der Waals surface area contributed by atoms with Gasteiger partial charge >= 0.3 is 0 Å². The molecule has 0 atom stereocenters. The maximum atomic E-state index is 2.48. The minimum absolute atomic E-state index is 1.12. The van der Waals surface area contributed by atoms with Gasteiger partial charge in [-0.15, -0.1) is 0 Å². The molecule has 3 heterocycles. The quantitative estimate of drug-likeness (QED) is 0.107. The fourth-order valence-corrected chi connectivity index (χ4v) is 14.9. The Kier molecular flexibility index (Phi) is 8.51. The fraction of sp³-hybridized carbons (Fsp3) is 0. The summed E-state index contributed by atoms with van der Waals surface area (Å²) < 4.78 is 7.36. The monoisotopic (exact) mass is 807 g/mol. The van der Waals surface area contributed by atoms with Gasteiger partial charge in [0.05, 0.1) is 22.2 Å². The second-order valence-corrected chi connectivity index (χ2v) is 19.9. The van der Waals surface area contributed by atoms with Crippen LogP contribution in [0.15, 0.2) is 249 Å². The molecule has 3 nitrogen and oxygen atoms in total. The van der Waals surface area contributed by atoms with E-state index in [2.05, 4.69) is 262 Å². The minimum atomic E-state index is -2.70. The first kappa shape index (κ1) is 36.0. The Morgan fingerprint density at radius 2 is 0.726 bits per heavy atom. The summed E-state index contributed by atoms with van der Waals surface area (Å²) >= 11 is 0. The Bertz CT molecular complexity index is 3440. The van der Waals surface area contributed by atoms with Gasteiger partial charge < -0.3 is 4.57 Å². The van der Waals surface area contributed by atoms with Crippen molar-refractivity contribution in [1.82, 2.24) is 13.7 Å². The van der Waals surface area contributed by atoms with Crippen molar-refractivity contribution in [2.75, 3.05) is 0 Å². The van der Waals surface area contributed by atoms with Gasteiger partial charge in [0, 0.05) is 44.2 Å². The SMILES string of the molecule is c1ccc(-n2c(-c3ccc4c5c6ccccc6n(-c6ccc([Si](c7ccccc7)(c7ccccc7)c7ccccc7)cc6)c5n(-c5ccccc5)c4c3)cc3ccccc32)cc1. The molecule has 0 unspecified atom stereocenters. The molecule has 0 aliphatic carbocycles. The van der Waals surface area contributed by atoms with Gasteiger partial charge in [-0.1, -0.05) is 188 Å². The molecule has 0 fully saturated rings. The normalized spacial score (nSPS) is 11.9. The van der Waals surface area contributed by atoms with Crippen molar-refractivity contribution < 1.29 is 0 Å². The van der Waals surface area contributed by atoms with Crippen LogP contribution in [0.5, 0.6) is 0 Å². The molecule has 292 valence electrons. The van der Waals surface area contributed by atoms with Crippen molar-refractivity contribution in [3.8, 4) is 28.3 Å². The summed E-state index contributed by atoms with van der Waals surface area (Å²) in [6.07, 6.45) is 0. The lowest BCUT2D eigenvalue weighted by atomic mass is 10.1. The van der Waals surface area contributed by atoms with Gasteiger partial charge in [-0.3, -0.25) is 9.13 Å². The molecule has 0 saturated carbocycles. The molecule has 0 aliphatic heterocycles. The maximum absolute atomic E-state index is 2.70. The number of benzene rings is 9. The molecule has 0 amide bonds. The van der Waals surface area contributed by atoms with Crippen LogP contribution in [-0.4, -0.2) is 21.8 Å². The topological polar surface area (TPSA) is 14.8 Å². The number of aromatic nitrogens is 3. The molecule has 0 N–H and O–H groups in total. The molecule has 12 aromatic rings. The number of hydrogen-bond donors (Lipinski definition) is 0. The maximum Gasteiger partial charge on any atom is 0.179 e. The molecule has 0 bridgehead atoms. The highest BCUT2D eigenvalue weighted by Crippen LogP contribution is 2.42. The average molecular weight is 808 g/mol. The van der Waals surface area contributed by atoms with Crippen molar-refractivity contribution in [3.05, 3.63) is 249 Å². The zero-order valence-electron chi connectivity index (χ0n) is 34.0. The average Bonchev–Trinajstić information content (AvgIpc) is 4.01. The number of nitrogens with zero attached hydrogens (tertiary/aromatic N) is 3. The zero-order valence-corrected chi connectivity index (χ0v) is 35.0. The highest BCUT2D eigenvalue weighted by Gasteiger charge is 2.41. The van der Waals surface area contributed by atoms with Gasteiger partial charge in [0.25, 0.3) is 0 Å². The van der Waals surface area contributed by atoms with E-state index in [1.807, 2.05) is 0 Å². The van der Waals surface area contributed by atoms with E-state index in [0.29, 0.717) is 0 Å². The van der Waals surface area contributed by atoms with Crippen LogP contribution < -0.4 is 20.7 Å². The smallest absolute Gasteiger partial charge is 0.179 e. The van der Waals surface area contributed by atoms with Gasteiger partial charge in [0.2, 0.25) is 0 Å². The number of fused-ring (bicyclic) bond motifs is 6. The Hall–Kier alpha value is -7.92. The molecule has 9 aromatic carbocycles. The van der Waals surface area contributed by atoms with Crippen LogP contribution in [0.25, 0.3) is 72.1 Å². The van der Waals surface area contributed by atoms with Crippen molar-refractivity contribution in [2.24, 2.45) is 0 Å². The summed E-state index contributed by atoms with van der Waals surface area (Å²) in [7, 11) is -2.70. The van der Waals surface area contributed by atoms with E-state index in [9.17, 15) is 0 Å². The number of rotatable bonds is 8. The summed E-state index contributed by atoms with van der Waals surface area (Å²) in [5.74, 6) is 0. The van der Waals surface area contributed by atoms with E-state index in [1.54, 1.807) is 0 Å². The van der Waals surface area contributed by atoms with E-state index < -0.39 is 8.07 Å². The lowest BCUT2D eigenvalue weighted by Crippen LogP contribution is -2.74. The number of hydrogen-bond acceptors (Lipinski definition) is 0. The van der Waals surface area contributed by atoms with Crippen molar-refractivity contribution in [2.45, 2.75) is 0 Å². The van der Waals surface area contributed by atoms with Crippen LogP contribution in [0.1, 0.15) is 0 Å². The zero-order chi connectivity index (χ0) is 41.0. The molecule has 0 radical (unpaired) electrons. The highest BCUT2D eigenvalue weighted by atomic mass is 28.3. The summed E-state index contributed by atoms with van der Waals surface area (Å²) in [4.78, 5) is 0. The first-order valence-electron chi connectivity index (χ1n) is 21.4. The molecule has 12 rings (SSSR count). The minimum Gasteiger partial charge on any atom is -0.309 e. The van der Waals surface area contributed by atoms with E-state index in [1.165, 1.54) is 64.4 Å². The fourth-order valence-electron chi connectivity index (χ4n) is 10.2. The van der Waals surface area contributed by atoms with Crippen LogP contribution in [0.4, 0.5) is 0 Å². The van der Waals surface area contributed by atoms with Gasteiger partial charge in [0.1, 0.15) is 5.65 Å². The van der Waals surface area contributed by atoms with Crippen LogP contribution >= 0.6 is 0 Å². The molecular weight excluding hydrogens is 767 g/mol. The molecule has 0 saturated heterocycles. The van der Waals surface area contributed by atoms with Gasteiger partial charge in [-0.05, 0) is 81.4 Å². The molecule has 62 heavy (non-hydrogen) atoms. The van der Waals surface area contributed by atoms with Crippen molar-refractivity contribution in [1.29, 1.82) is 0 Å². The lowest BCUT2D eigenvalue weighted by Gasteiger charge is -2.34. The second-order valence-electron chi connectivity index (χ2n) is 16.1. The Morgan fingerprint density at radius 3 is 1.32 bits per heavy atom.